The molecule has 0 spiro atoms. The van der Waals surface area contributed by atoms with Crippen molar-refractivity contribution >= 4 is 33.4 Å². The molecule has 2 nitrogen and oxygen atoms in total. The largest absolute Gasteiger partial charge is 0.353 e. The normalized spacial score (nSPS) is 20.4. The summed E-state index contributed by atoms with van der Waals surface area (Å²) in [7, 11) is 0. The predicted molar refractivity (Wildman–Crippen MR) is 64.0 cm³/mol. The molecule has 1 aromatic carbocycles. The van der Waals surface area contributed by atoms with E-state index >= 15 is 0 Å². The van der Waals surface area contributed by atoms with Crippen molar-refractivity contribution in [1.82, 2.24) is 5.32 Å². The van der Waals surface area contributed by atoms with Crippen LogP contribution >= 0.6 is 27.5 Å². The summed E-state index contributed by atoms with van der Waals surface area (Å²) in [6.07, 6.45) is 2.36. The first-order valence-corrected chi connectivity index (χ1v) is 6.05. The van der Waals surface area contributed by atoms with Gasteiger partial charge in [-0.3, -0.25) is 4.79 Å². The second-order valence-corrected chi connectivity index (χ2v) is 5.07. The van der Waals surface area contributed by atoms with Gasteiger partial charge >= 0.3 is 0 Å². The highest BCUT2D eigenvalue weighted by Crippen LogP contribution is 2.24. The van der Waals surface area contributed by atoms with Crippen molar-refractivity contribution in [2.75, 3.05) is 0 Å². The van der Waals surface area contributed by atoms with Crippen molar-refractivity contribution in [3.8, 4) is 0 Å². The first-order valence-electron chi connectivity index (χ1n) is 4.88. The molecule has 1 aliphatic heterocycles. The third kappa shape index (κ3) is 2.73. The fourth-order valence-electron chi connectivity index (χ4n) is 1.78. The van der Waals surface area contributed by atoms with Crippen molar-refractivity contribution in [2.24, 2.45) is 0 Å². The molecule has 1 aromatic rings. The number of amides is 1. The van der Waals surface area contributed by atoms with Crippen molar-refractivity contribution in [1.29, 1.82) is 0 Å². The Bertz CT molecular complexity index is 394. The molecule has 80 valence electrons. The summed E-state index contributed by atoms with van der Waals surface area (Å²) in [4.78, 5) is 11.0. The Hall–Kier alpha value is -0.540. The molecule has 0 unspecified atom stereocenters. The molecular formula is C11H11BrClNO. The van der Waals surface area contributed by atoms with Crippen LogP contribution in [0.25, 0.3) is 0 Å². The summed E-state index contributed by atoms with van der Waals surface area (Å²) in [5.74, 6) is 0.147. The monoisotopic (exact) mass is 287 g/mol. The maximum atomic E-state index is 11.0. The van der Waals surface area contributed by atoms with Crippen molar-refractivity contribution in [3.63, 3.8) is 0 Å². The Morgan fingerprint density at radius 3 is 2.93 bits per heavy atom. The maximum Gasteiger partial charge on any atom is 0.220 e. The van der Waals surface area contributed by atoms with Gasteiger partial charge in [0.2, 0.25) is 5.91 Å². The summed E-state index contributed by atoms with van der Waals surface area (Å²) in [6.45, 7) is 0. The van der Waals surface area contributed by atoms with Gasteiger partial charge in [-0.1, -0.05) is 33.6 Å². The second kappa shape index (κ2) is 4.54. The Kier molecular flexibility index (Phi) is 3.32. The zero-order valence-corrected chi connectivity index (χ0v) is 10.4. The number of carbonyl (C=O) groups excluding carboxylic acids is 1. The Labute approximate surface area is 102 Å². The van der Waals surface area contributed by atoms with E-state index in [2.05, 4.69) is 21.2 Å². The maximum absolute atomic E-state index is 11.0. The van der Waals surface area contributed by atoms with E-state index in [1.54, 1.807) is 0 Å². The second-order valence-electron chi connectivity index (χ2n) is 3.74. The molecule has 1 aliphatic rings. The lowest BCUT2D eigenvalue weighted by Crippen LogP contribution is -2.27. The van der Waals surface area contributed by atoms with Gasteiger partial charge in [0, 0.05) is 22.0 Å². The fraction of sp³-hybridized carbons (Fsp3) is 0.364. The average Bonchev–Trinajstić information content (AvgIpc) is 2.56. The van der Waals surface area contributed by atoms with E-state index in [-0.39, 0.29) is 11.9 Å². The number of rotatable bonds is 2. The molecule has 1 amide bonds. The lowest BCUT2D eigenvalue weighted by Gasteiger charge is -2.11. The standard InChI is InChI=1S/C11H11BrClNO/c12-8-2-1-7(10(13)6-8)5-9-3-4-11(15)14-9/h1-2,6,9H,3-5H2,(H,14,15)/t9-/m0/s1. The quantitative estimate of drug-likeness (QED) is 0.891. The molecular weight excluding hydrogens is 277 g/mol. The average molecular weight is 289 g/mol. The highest BCUT2D eigenvalue weighted by Gasteiger charge is 2.21. The minimum Gasteiger partial charge on any atom is -0.353 e. The van der Waals surface area contributed by atoms with Crippen molar-refractivity contribution in [3.05, 3.63) is 33.3 Å². The van der Waals surface area contributed by atoms with Gasteiger partial charge in [-0.25, -0.2) is 0 Å². The smallest absolute Gasteiger partial charge is 0.220 e. The van der Waals surface area contributed by atoms with Crippen LogP contribution in [0.4, 0.5) is 0 Å². The van der Waals surface area contributed by atoms with E-state index < -0.39 is 0 Å². The highest BCUT2D eigenvalue weighted by atomic mass is 79.9. The van der Waals surface area contributed by atoms with Gasteiger partial charge in [-0.15, -0.1) is 0 Å². The van der Waals surface area contributed by atoms with E-state index in [0.29, 0.717) is 6.42 Å². The minimum atomic E-state index is 0.147. The van der Waals surface area contributed by atoms with Crippen LogP contribution in [0.15, 0.2) is 22.7 Å². The summed E-state index contributed by atoms with van der Waals surface area (Å²) in [5, 5.41) is 3.69. The third-order valence-corrected chi connectivity index (χ3v) is 3.41. The van der Waals surface area contributed by atoms with Crippen LogP contribution in [0.1, 0.15) is 18.4 Å². The van der Waals surface area contributed by atoms with Crippen LogP contribution < -0.4 is 5.32 Å². The number of halogens is 2. The van der Waals surface area contributed by atoms with Crippen LogP contribution in [-0.2, 0) is 11.2 Å². The van der Waals surface area contributed by atoms with Crippen LogP contribution in [-0.4, -0.2) is 11.9 Å². The predicted octanol–water partition coefficient (Wildman–Crippen LogP) is 2.92. The summed E-state index contributed by atoms with van der Waals surface area (Å²) in [5.41, 5.74) is 1.09. The first-order chi connectivity index (χ1) is 7.15. The van der Waals surface area contributed by atoms with Gasteiger partial charge in [-0.05, 0) is 30.5 Å². The first kappa shape index (κ1) is 11.0. The molecule has 0 bridgehead atoms. The Morgan fingerprint density at radius 2 is 2.33 bits per heavy atom. The molecule has 1 heterocycles. The van der Waals surface area contributed by atoms with E-state index in [0.717, 1.165) is 27.9 Å². The zero-order valence-electron chi connectivity index (χ0n) is 8.09. The van der Waals surface area contributed by atoms with E-state index in [4.69, 9.17) is 11.6 Å². The SMILES string of the molecule is O=C1CC[C@@H](Cc2ccc(Br)cc2Cl)N1. The van der Waals surface area contributed by atoms with Crippen LogP contribution in [0, 0.1) is 0 Å². The molecule has 0 aromatic heterocycles. The molecule has 0 radical (unpaired) electrons. The van der Waals surface area contributed by atoms with E-state index in [1.165, 1.54) is 0 Å². The number of nitrogens with one attached hydrogen (secondary N) is 1. The molecule has 1 N–H and O–H groups in total. The fourth-order valence-corrected chi connectivity index (χ4v) is 2.53. The molecule has 1 fully saturated rings. The minimum absolute atomic E-state index is 0.147. The van der Waals surface area contributed by atoms with Crippen LogP contribution in [0.3, 0.4) is 0 Å². The van der Waals surface area contributed by atoms with Gasteiger partial charge in [0.05, 0.1) is 0 Å². The van der Waals surface area contributed by atoms with E-state index in [1.807, 2.05) is 18.2 Å². The van der Waals surface area contributed by atoms with Crippen molar-refractivity contribution in [2.45, 2.75) is 25.3 Å². The number of carbonyl (C=O) groups is 1. The van der Waals surface area contributed by atoms with Crippen LogP contribution in [0.5, 0.6) is 0 Å². The van der Waals surface area contributed by atoms with Gasteiger partial charge < -0.3 is 5.32 Å². The number of hydrogen-bond acceptors (Lipinski definition) is 1. The molecule has 1 atom stereocenters. The summed E-state index contributed by atoms with van der Waals surface area (Å²) < 4.78 is 0.978. The third-order valence-electron chi connectivity index (χ3n) is 2.57. The Balaban J connectivity index is 2.07. The lowest BCUT2D eigenvalue weighted by molar-refractivity contribution is -0.119. The zero-order chi connectivity index (χ0) is 10.8. The highest BCUT2D eigenvalue weighted by molar-refractivity contribution is 9.10. The molecule has 4 heteroatoms. The summed E-state index contributed by atoms with van der Waals surface area (Å²) >= 11 is 9.47. The molecule has 15 heavy (non-hydrogen) atoms. The van der Waals surface area contributed by atoms with Gasteiger partial charge in [0.25, 0.3) is 0 Å². The molecule has 2 rings (SSSR count). The number of hydrogen-bond donors (Lipinski definition) is 1. The molecule has 0 aliphatic carbocycles. The summed E-state index contributed by atoms with van der Waals surface area (Å²) in [6, 6.07) is 6.10. The molecule has 1 saturated heterocycles. The lowest BCUT2D eigenvalue weighted by atomic mass is 10.0. The van der Waals surface area contributed by atoms with Crippen LogP contribution in [0.2, 0.25) is 5.02 Å². The molecule has 0 saturated carbocycles. The van der Waals surface area contributed by atoms with E-state index in [9.17, 15) is 4.79 Å². The topological polar surface area (TPSA) is 29.1 Å². The van der Waals surface area contributed by atoms with Gasteiger partial charge in [0.1, 0.15) is 0 Å². The Morgan fingerprint density at radius 1 is 1.53 bits per heavy atom. The number of benzene rings is 1. The van der Waals surface area contributed by atoms with Crippen molar-refractivity contribution < 1.29 is 4.79 Å². The van der Waals surface area contributed by atoms with Gasteiger partial charge in [0.15, 0.2) is 0 Å². The van der Waals surface area contributed by atoms with Gasteiger partial charge in [-0.2, -0.15) is 0 Å².